The third-order valence-electron chi connectivity index (χ3n) is 3.77. The van der Waals surface area contributed by atoms with Crippen molar-refractivity contribution in [2.75, 3.05) is 31.6 Å². The molecule has 0 radical (unpaired) electrons. The first-order valence-electron chi connectivity index (χ1n) is 7.63. The zero-order valence-corrected chi connectivity index (χ0v) is 12.9. The molecule has 3 N–H and O–H groups in total. The van der Waals surface area contributed by atoms with Gasteiger partial charge in [0.05, 0.1) is 13.2 Å². The summed E-state index contributed by atoms with van der Waals surface area (Å²) < 4.78 is 5.37. The third-order valence-corrected chi connectivity index (χ3v) is 3.77. The summed E-state index contributed by atoms with van der Waals surface area (Å²) >= 11 is 0. The first-order chi connectivity index (χ1) is 10.6. The average Bonchev–Trinajstić information content (AvgIpc) is 2.49. The number of hydrogen-bond donors (Lipinski definition) is 2. The number of hydrogen-bond acceptors (Lipinski definition) is 4. The van der Waals surface area contributed by atoms with E-state index in [9.17, 15) is 9.59 Å². The van der Waals surface area contributed by atoms with Crippen LogP contribution < -0.4 is 15.8 Å². The van der Waals surface area contributed by atoms with Gasteiger partial charge in [0.25, 0.3) is 0 Å². The van der Waals surface area contributed by atoms with Crippen molar-refractivity contribution >= 4 is 17.5 Å². The molecule has 1 aliphatic heterocycles. The van der Waals surface area contributed by atoms with Crippen molar-refractivity contribution in [1.29, 1.82) is 0 Å². The van der Waals surface area contributed by atoms with Gasteiger partial charge in [-0.3, -0.25) is 14.5 Å². The zero-order valence-electron chi connectivity index (χ0n) is 12.9. The Morgan fingerprint density at radius 1 is 1.27 bits per heavy atom. The maximum absolute atomic E-state index is 12.3. The molecule has 1 saturated heterocycles. The number of primary amides is 1. The molecule has 1 fully saturated rings. The molecule has 0 bridgehead atoms. The lowest BCUT2D eigenvalue weighted by molar-refractivity contribution is -0.122. The standard InChI is InChI=1S/C16H23N3O3/c1-2-22-14-5-3-13(4-6-14)18-16(21)12-7-9-19(10-8-12)11-15(17)20/h3-6,12H,2,7-11H2,1H3,(H2,17,20)(H,18,21). The van der Waals surface area contributed by atoms with E-state index >= 15 is 0 Å². The first-order valence-corrected chi connectivity index (χ1v) is 7.63. The molecule has 0 atom stereocenters. The molecule has 0 saturated carbocycles. The number of carbonyl (C=O) groups excluding carboxylic acids is 2. The molecule has 1 aromatic rings. The van der Waals surface area contributed by atoms with Crippen molar-refractivity contribution in [1.82, 2.24) is 4.90 Å². The van der Waals surface area contributed by atoms with Crippen LogP contribution in [0.1, 0.15) is 19.8 Å². The second-order valence-corrected chi connectivity index (χ2v) is 5.46. The Bertz CT molecular complexity index is 508. The number of nitrogens with one attached hydrogen (secondary N) is 1. The van der Waals surface area contributed by atoms with Crippen LogP contribution in [0.15, 0.2) is 24.3 Å². The second-order valence-electron chi connectivity index (χ2n) is 5.46. The fourth-order valence-corrected chi connectivity index (χ4v) is 2.62. The number of nitrogens with zero attached hydrogens (tertiary/aromatic N) is 1. The molecule has 6 nitrogen and oxygen atoms in total. The van der Waals surface area contributed by atoms with E-state index in [0.29, 0.717) is 6.61 Å². The molecular weight excluding hydrogens is 282 g/mol. The number of rotatable bonds is 6. The molecule has 6 heteroatoms. The van der Waals surface area contributed by atoms with Crippen LogP contribution in [0.25, 0.3) is 0 Å². The molecular formula is C16H23N3O3. The van der Waals surface area contributed by atoms with Gasteiger partial charge in [0.2, 0.25) is 11.8 Å². The molecule has 0 unspecified atom stereocenters. The van der Waals surface area contributed by atoms with Gasteiger partial charge in [-0.15, -0.1) is 0 Å². The molecule has 2 amide bonds. The normalized spacial score (nSPS) is 16.2. The first kappa shape index (κ1) is 16.3. The Kier molecular flexibility index (Phi) is 5.77. The van der Waals surface area contributed by atoms with Gasteiger partial charge in [0, 0.05) is 11.6 Å². The van der Waals surface area contributed by atoms with E-state index in [-0.39, 0.29) is 24.3 Å². The van der Waals surface area contributed by atoms with Crippen LogP contribution in [0.5, 0.6) is 5.75 Å². The van der Waals surface area contributed by atoms with E-state index in [1.807, 2.05) is 36.1 Å². The molecule has 1 aromatic carbocycles. The summed E-state index contributed by atoms with van der Waals surface area (Å²) in [5.41, 5.74) is 5.95. The summed E-state index contributed by atoms with van der Waals surface area (Å²) in [6.45, 7) is 4.28. The third kappa shape index (κ3) is 4.73. The predicted molar refractivity (Wildman–Crippen MR) is 84.6 cm³/mol. The SMILES string of the molecule is CCOc1ccc(NC(=O)C2CCN(CC(N)=O)CC2)cc1. The van der Waals surface area contributed by atoms with Crippen LogP contribution in [0.4, 0.5) is 5.69 Å². The van der Waals surface area contributed by atoms with Crippen molar-refractivity contribution in [3.8, 4) is 5.75 Å². The minimum absolute atomic E-state index is 0.0179. The van der Waals surface area contributed by atoms with Gasteiger partial charge in [0.15, 0.2) is 0 Å². The minimum Gasteiger partial charge on any atom is -0.494 e. The number of anilines is 1. The summed E-state index contributed by atoms with van der Waals surface area (Å²) in [6, 6.07) is 7.36. The fourth-order valence-electron chi connectivity index (χ4n) is 2.62. The summed E-state index contributed by atoms with van der Waals surface area (Å²) in [7, 11) is 0. The number of ether oxygens (including phenoxy) is 1. The van der Waals surface area contributed by atoms with E-state index in [4.69, 9.17) is 10.5 Å². The van der Waals surface area contributed by atoms with Gasteiger partial charge in [0.1, 0.15) is 5.75 Å². The number of amides is 2. The Morgan fingerprint density at radius 2 is 1.91 bits per heavy atom. The molecule has 0 aromatic heterocycles. The summed E-state index contributed by atoms with van der Waals surface area (Å²) in [5.74, 6) is 0.483. The van der Waals surface area contributed by atoms with Gasteiger partial charge in [-0.25, -0.2) is 0 Å². The monoisotopic (exact) mass is 305 g/mol. The Hall–Kier alpha value is -2.08. The molecule has 2 rings (SSSR count). The topological polar surface area (TPSA) is 84.7 Å². The highest BCUT2D eigenvalue weighted by Crippen LogP contribution is 2.20. The maximum Gasteiger partial charge on any atom is 0.231 e. The quantitative estimate of drug-likeness (QED) is 0.827. The number of nitrogens with two attached hydrogens (primary N) is 1. The Labute approximate surface area is 130 Å². The predicted octanol–water partition coefficient (Wildman–Crippen LogP) is 1.22. The Balaban J connectivity index is 1.81. The smallest absolute Gasteiger partial charge is 0.231 e. The molecule has 22 heavy (non-hydrogen) atoms. The average molecular weight is 305 g/mol. The van der Waals surface area contributed by atoms with Gasteiger partial charge in [-0.2, -0.15) is 0 Å². The van der Waals surface area contributed by atoms with Crippen LogP contribution in [0.2, 0.25) is 0 Å². The Morgan fingerprint density at radius 3 is 2.45 bits per heavy atom. The lowest BCUT2D eigenvalue weighted by Crippen LogP contribution is -2.42. The van der Waals surface area contributed by atoms with Gasteiger partial charge in [-0.05, 0) is 57.1 Å². The molecule has 120 valence electrons. The molecule has 0 aliphatic carbocycles. The van der Waals surface area contributed by atoms with Crippen molar-refractivity contribution < 1.29 is 14.3 Å². The minimum atomic E-state index is -0.322. The van der Waals surface area contributed by atoms with Crippen LogP contribution in [-0.2, 0) is 9.59 Å². The van der Waals surface area contributed by atoms with Gasteiger partial charge >= 0.3 is 0 Å². The van der Waals surface area contributed by atoms with Crippen molar-refractivity contribution in [3.63, 3.8) is 0 Å². The fraction of sp³-hybridized carbons (Fsp3) is 0.500. The van der Waals surface area contributed by atoms with Crippen LogP contribution in [0, 0.1) is 5.92 Å². The lowest BCUT2D eigenvalue weighted by Gasteiger charge is -2.30. The summed E-state index contributed by atoms with van der Waals surface area (Å²) in [4.78, 5) is 25.1. The van der Waals surface area contributed by atoms with Crippen molar-refractivity contribution in [2.45, 2.75) is 19.8 Å². The number of piperidine rings is 1. The lowest BCUT2D eigenvalue weighted by atomic mass is 9.96. The van der Waals surface area contributed by atoms with E-state index in [1.54, 1.807) is 0 Å². The van der Waals surface area contributed by atoms with Gasteiger partial charge < -0.3 is 15.8 Å². The highest BCUT2D eigenvalue weighted by atomic mass is 16.5. The molecule has 0 spiro atoms. The summed E-state index contributed by atoms with van der Waals surface area (Å²) in [5, 5.41) is 2.93. The van der Waals surface area contributed by atoms with Gasteiger partial charge in [-0.1, -0.05) is 0 Å². The van der Waals surface area contributed by atoms with E-state index in [1.165, 1.54) is 0 Å². The van der Waals surface area contributed by atoms with E-state index in [0.717, 1.165) is 37.4 Å². The van der Waals surface area contributed by atoms with E-state index in [2.05, 4.69) is 5.32 Å². The molecule has 1 aliphatic rings. The zero-order chi connectivity index (χ0) is 15.9. The molecule has 1 heterocycles. The highest BCUT2D eigenvalue weighted by molar-refractivity contribution is 5.92. The number of benzene rings is 1. The highest BCUT2D eigenvalue weighted by Gasteiger charge is 2.25. The number of likely N-dealkylation sites (tertiary alicyclic amines) is 1. The van der Waals surface area contributed by atoms with Crippen LogP contribution in [0.3, 0.4) is 0 Å². The van der Waals surface area contributed by atoms with Crippen LogP contribution >= 0.6 is 0 Å². The van der Waals surface area contributed by atoms with Crippen LogP contribution in [-0.4, -0.2) is 43.0 Å². The largest absolute Gasteiger partial charge is 0.494 e. The maximum atomic E-state index is 12.3. The summed E-state index contributed by atoms with van der Waals surface area (Å²) in [6.07, 6.45) is 1.49. The van der Waals surface area contributed by atoms with E-state index < -0.39 is 0 Å². The van der Waals surface area contributed by atoms with Crippen molar-refractivity contribution in [2.24, 2.45) is 11.7 Å². The number of carbonyl (C=O) groups is 2. The van der Waals surface area contributed by atoms with Crippen molar-refractivity contribution in [3.05, 3.63) is 24.3 Å². The second kappa shape index (κ2) is 7.79.